The Morgan fingerprint density at radius 3 is 2.15 bits per heavy atom. The van der Waals surface area contributed by atoms with E-state index in [1.165, 1.54) is 31.3 Å². The van der Waals surface area contributed by atoms with Gasteiger partial charge in [-0.15, -0.1) is 0 Å². The van der Waals surface area contributed by atoms with E-state index in [1.807, 2.05) is 0 Å². The molecule has 0 fully saturated rings. The minimum Gasteiger partial charge on any atom is -0.333 e. The summed E-state index contributed by atoms with van der Waals surface area (Å²) in [5.41, 5.74) is 0.570. The number of hydroxylamine groups is 2. The van der Waals surface area contributed by atoms with Crippen LogP contribution in [0.15, 0.2) is 54.6 Å². The highest BCUT2D eigenvalue weighted by Crippen LogP contribution is 2.08. The van der Waals surface area contributed by atoms with Crippen LogP contribution in [-0.4, -0.2) is 24.0 Å². The number of hydrogen-bond donors (Lipinski definition) is 0. The molecule has 2 aromatic rings. The minimum atomic E-state index is -0.636. The summed E-state index contributed by atoms with van der Waals surface area (Å²) in [5.74, 6) is -1.61. The Morgan fingerprint density at radius 2 is 1.55 bits per heavy atom. The highest BCUT2D eigenvalue weighted by Gasteiger charge is 2.17. The van der Waals surface area contributed by atoms with Crippen LogP contribution in [0.25, 0.3) is 0 Å². The second-order valence-electron chi connectivity index (χ2n) is 4.05. The van der Waals surface area contributed by atoms with Crippen LogP contribution in [-0.2, 0) is 4.84 Å². The molecule has 0 heterocycles. The Morgan fingerprint density at radius 1 is 0.950 bits per heavy atom. The summed E-state index contributed by atoms with van der Waals surface area (Å²) in [6.07, 6.45) is 0. The van der Waals surface area contributed by atoms with Gasteiger partial charge < -0.3 is 4.84 Å². The van der Waals surface area contributed by atoms with Crippen LogP contribution >= 0.6 is 0 Å². The lowest BCUT2D eigenvalue weighted by molar-refractivity contribution is -0.0658. The zero-order valence-corrected chi connectivity index (χ0v) is 10.7. The second-order valence-corrected chi connectivity index (χ2v) is 4.05. The maximum Gasteiger partial charge on any atom is 0.363 e. The maximum absolute atomic E-state index is 12.8. The Labute approximate surface area is 115 Å². The molecule has 0 aromatic heterocycles. The van der Waals surface area contributed by atoms with Crippen LogP contribution in [0.3, 0.4) is 0 Å². The molecule has 20 heavy (non-hydrogen) atoms. The summed E-state index contributed by atoms with van der Waals surface area (Å²) < 4.78 is 12.8. The fraction of sp³-hybridized carbons (Fsp3) is 0.0667. The molecular formula is C15H12FNO3. The monoisotopic (exact) mass is 273 g/mol. The Hall–Kier alpha value is -2.69. The lowest BCUT2D eigenvalue weighted by Crippen LogP contribution is -2.29. The van der Waals surface area contributed by atoms with Crippen molar-refractivity contribution in [2.24, 2.45) is 0 Å². The number of carbonyl (C=O) groups is 2. The first-order valence-electron chi connectivity index (χ1n) is 5.89. The van der Waals surface area contributed by atoms with Gasteiger partial charge in [-0.25, -0.2) is 9.18 Å². The molecular weight excluding hydrogens is 261 g/mol. The Bertz CT molecular complexity index is 611. The molecule has 0 aliphatic carbocycles. The number of carbonyl (C=O) groups excluding carboxylic acids is 2. The quantitative estimate of drug-likeness (QED) is 0.790. The first kappa shape index (κ1) is 13.7. The van der Waals surface area contributed by atoms with Crippen LogP contribution in [0.1, 0.15) is 20.7 Å². The van der Waals surface area contributed by atoms with Crippen LogP contribution in [0.2, 0.25) is 0 Å². The highest BCUT2D eigenvalue weighted by molar-refractivity contribution is 5.95. The molecule has 2 rings (SSSR count). The van der Waals surface area contributed by atoms with E-state index in [2.05, 4.69) is 0 Å². The maximum atomic E-state index is 12.8. The molecule has 0 aliphatic rings. The smallest absolute Gasteiger partial charge is 0.333 e. The van der Waals surface area contributed by atoms with E-state index < -0.39 is 17.7 Å². The molecule has 0 spiro atoms. The molecule has 0 radical (unpaired) electrons. The number of nitrogens with zero attached hydrogens (tertiary/aromatic N) is 1. The minimum absolute atomic E-state index is 0.231. The van der Waals surface area contributed by atoms with Crippen molar-refractivity contribution in [3.63, 3.8) is 0 Å². The van der Waals surface area contributed by atoms with Gasteiger partial charge in [-0.05, 0) is 36.4 Å². The first-order valence-corrected chi connectivity index (χ1v) is 5.89. The van der Waals surface area contributed by atoms with E-state index in [0.29, 0.717) is 5.56 Å². The molecule has 5 heteroatoms. The zero-order valence-electron chi connectivity index (χ0n) is 10.7. The third-order valence-corrected chi connectivity index (χ3v) is 2.61. The zero-order chi connectivity index (χ0) is 14.5. The van der Waals surface area contributed by atoms with E-state index in [-0.39, 0.29) is 5.56 Å². The lowest BCUT2D eigenvalue weighted by atomic mass is 10.2. The SMILES string of the molecule is CN(OC(=O)c1ccccc1)C(=O)c1ccc(F)cc1. The van der Waals surface area contributed by atoms with Gasteiger partial charge in [-0.2, -0.15) is 5.06 Å². The van der Waals surface area contributed by atoms with Crippen LogP contribution in [0.5, 0.6) is 0 Å². The largest absolute Gasteiger partial charge is 0.363 e. The van der Waals surface area contributed by atoms with Gasteiger partial charge in [0.2, 0.25) is 0 Å². The summed E-state index contributed by atoms with van der Waals surface area (Å²) in [5, 5.41) is 0.822. The fourth-order valence-electron chi connectivity index (χ4n) is 1.57. The van der Waals surface area contributed by atoms with Gasteiger partial charge in [0, 0.05) is 12.6 Å². The van der Waals surface area contributed by atoms with Crippen molar-refractivity contribution >= 4 is 11.9 Å². The third kappa shape index (κ3) is 3.20. The van der Waals surface area contributed by atoms with Crippen molar-refractivity contribution in [2.75, 3.05) is 7.05 Å². The standard InChI is InChI=1S/C15H12FNO3/c1-17(14(18)11-7-9-13(16)10-8-11)20-15(19)12-5-3-2-4-6-12/h2-10H,1H3. The Balaban J connectivity index is 2.05. The third-order valence-electron chi connectivity index (χ3n) is 2.61. The molecule has 0 N–H and O–H groups in total. The molecule has 0 unspecified atom stereocenters. The first-order chi connectivity index (χ1) is 9.58. The van der Waals surface area contributed by atoms with Gasteiger partial charge in [0.1, 0.15) is 5.82 Å². The number of halogens is 1. The predicted molar refractivity (Wildman–Crippen MR) is 70.4 cm³/mol. The average molecular weight is 273 g/mol. The van der Waals surface area contributed by atoms with E-state index in [0.717, 1.165) is 5.06 Å². The molecule has 0 saturated heterocycles. The highest BCUT2D eigenvalue weighted by atomic mass is 19.1. The molecule has 0 saturated carbocycles. The van der Waals surface area contributed by atoms with E-state index in [4.69, 9.17) is 4.84 Å². The summed E-state index contributed by atoms with van der Waals surface area (Å²) >= 11 is 0. The normalized spacial score (nSPS) is 9.90. The summed E-state index contributed by atoms with van der Waals surface area (Å²) in [4.78, 5) is 28.7. The van der Waals surface area contributed by atoms with Crippen molar-refractivity contribution in [2.45, 2.75) is 0 Å². The van der Waals surface area contributed by atoms with Crippen LogP contribution < -0.4 is 0 Å². The fourth-order valence-corrected chi connectivity index (χ4v) is 1.57. The number of benzene rings is 2. The van der Waals surface area contributed by atoms with Gasteiger partial charge in [-0.1, -0.05) is 18.2 Å². The van der Waals surface area contributed by atoms with E-state index in [1.54, 1.807) is 30.3 Å². The second kappa shape index (κ2) is 5.97. The molecule has 102 valence electrons. The summed E-state index contributed by atoms with van der Waals surface area (Å²) in [6.45, 7) is 0. The summed E-state index contributed by atoms with van der Waals surface area (Å²) in [7, 11) is 1.33. The van der Waals surface area contributed by atoms with Gasteiger partial charge in [0.25, 0.3) is 5.91 Å². The van der Waals surface area contributed by atoms with Crippen LogP contribution in [0, 0.1) is 5.82 Å². The molecule has 4 nitrogen and oxygen atoms in total. The molecule has 0 aliphatic heterocycles. The predicted octanol–water partition coefficient (Wildman–Crippen LogP) is 2.67. The van der Waals surface area contributed by atoms with Crippen LogP contribution in [0.4, 0.5) is 4.39 Å². The summed E-state index contributed by atoms with van der Waals surface area (Å²) in [6, 6.07) is 13.3. The number of hydrogen-bond acceptors (Lipinski definition) is 3. The number of amides is 1. The molecule has 1 amide bonds. The van der Waals surface area contributed by atoms with Crippen molar-refractivity contribution < 1.29 is 18.8 Å². The van der Waals surface area contributed by atoms with Gasteiger partial charge in [-0.3, -0.25) is 4.79 Å². The van der Waals surface area contributed by atoms with E-state index >= 15 is 0 Å². The average Bonchev–Trinajstić information content (AvgIpc) is 2.48. The molecule has 0 bridgehead atoms. The number of rotatable bonds is 2. The van der Waals surface area contributed by atoms with E-state index in [9.17, 15) is 14.0 Å². The van der Waals surface area contributed by atoms with Gasteiger partial charge in [0.05, 0.1) is 5.56 Å². The topological polar surface area (TPSA) is 46.6 Å². The molecule has 0 atom stereocenters. The van der Waals surface area contributed by atoms with Crippen molar-refractivity contribution in [1.29, 1.82) is 0 Å². The molecule has 2 aromatic carbocycles. The van der Waals surface area contributed by atoms with Crippen molar-refractivity contribution in [1.82, 2.24) is 5.06 Å². The van der Waals surface area contributed by atoms with Gasteiger partial charge in [0.15, 0.2) is 0 Å². The lowest BCUT2D eigenvalue weighted by Gasteiger charge is -2.16. The van der Waals surface area contributed by atoms with Crippen molar-refractivity contribution in [3.05, 3.63) is 71.5 Å². The van der Waals surface area contributed by atoms with Crippen molar-refractivity contribution in [3.8, 4) is 0 Å². The Kier molecular flexibility index (Phi) is 4.10. The van der Waals surface area contributed by atoms with Gasteiger partial charge >= 0.3 is 5.97 Å².